The first-order chi connectivity index (χ1) is 21.0. The lowest BCUT2D eigenvalue weighted by Crippen LogP contribution is -2.41. The number of carbonyl (C=O) groups is 2. The first-order valence-corrected chi connectivity index (χ1v) is 15.0. The quantitative estimate of drug-likeness (QED) is 0.352. The van der Waals surface area contributed by atoms with Gasteiger partial charge in [0.25, 0.3) is 5.91 Å². The number of benzene rings is 2. The van der Waals surface area contributed by atoms with E-state index in [1.807, 2.05) is 47.4 Å². The molecule has 2 amide bonds. The number of aromatic nitrogens is 3. The summed E-state index contributed by atoms with van der Waals surface area (Å²) < 4.78 is 12.4. The third-order valence-electron chi connectivity index (χ3n) is 7.91. The van der Waals surface area contributed by atoms with E-state index in [0.29, 0.717) is 62.8 Å². The van der Waals surface area contributed by atoms with Crippen molar-refractivity contribution in [1.82, 2.24) is 25.0 Å². The van der Waals surface area contributed by atoms with Gasteiger partial charge in [0.15, 0.2) is 0 Å². The van der Waals surface area contributed by atoms with Crippen molar-refractivity contribution >= 4 is 11.8 Å². The zero-order valence-electron chi connectivity index (χ0n) is 24.7. The SMILES string of the molecule is CC(C)CC(=O)N1CCc2cc3ccc2C1c1cccc(c1)OCCCN(C(=O)c1cc(-c2ccccn2)n[nH]1)CCO3. The summed E-state index contributed by atoms with van der Waals surface area (Å²) in [4.78, 5) is 35.0. The molecule has 5 heterocycles. The van der Waals surface area contributed by atoms with Crippen molar-refractivity contribution in [1.29, 1.82) is 0 Å². The van der Waals surface area contributed by atoms with Gasteiger partial charge in [0.2, 0.25) is 5.91 Å². The summed E-state index contributed by atoms with van der Waals surface area (Å²) in [7, 11) is 0. The number of H-pyrrole nitrogens is 1. The van der Waals surface area contributed by atoms with Crippen LogP contribution in [0, 0.1) is 5.92 Å². The Morgan fingerprint density at radius 2 is 1.79 bits per heavy atom. The number of fused-ring (bicyclic) bond motifs is 8. The summed E-state index contributed by atoms with van der Waals surface area (Å²) in [5.41, 5.74) is 5.03. The van der Waals surface area contributed by atoms with Crippen molar-refractivity contribution in [2.75, 3.05) is 32.8 Å². The van der Waals surface area contributed by atoms with Crippen LogP contribution >= 0.6 is 0 Å². The van der Waals surface area contributed by atoms with Gasteiger partial charge in [0.1, 0.15) is 29.5 Å². The fraction of sp³-hybridized carbons (Fsp3) is 0.353. The molecule has 6 bridgehead atoms. The van der Waals surface area contributed by atoms with Gasteiger partial charge in [0.05, 0.1) is 24.9 Å². The number of nitrogens with one attached hydrogen (secondary N) is 1. The number of amides is 2. The topological polar surface area (TPSA) is 101 Å². The number of pyridine rings is 1. The number of nitrogens with zero attached hydrogens (tertiary/aromatic N) is 4. The molecule has 9 heteroatoms. The Morgan fingerprint density at radius 3 is 2.63 bits per heavy atom. The van der Waals surface area contributed by atoms with Crippen LogP contribution in [0.5, 0.6) is 11.5 Å². The van der Waals surface area contributed by atoms with Crippen molar-refractivity contribution < 1.29 is 19.1 Å². The minimum atomic E-state index is -0.181. The van der Waals surface area contributed by atoms with Gasteiger partial charge >= 0.3 is 0 Å². The van der Waals surface area contributed by atoms with Gasteiger partial charge in [-0.25, -0.2) is 0 Å². The van der Waals surface area contributed by atoms with E-state index in [1.165, 1.54) is 5.56 Å². The van der Waals surface area contributed by atoms with Crippen LogP contribution in [0.15, 0.2) is 72.9 Å². The molecule has 1 N–H and O–H groups in total. The second-order valence-electron chi connectivity index (χ2n) is 11.5. The van der Waals surface area contributed by atoms with E-state index in [2.05, 4.69) is 47.2 Å². The number of hydrogen-bond acceptors (Lipinski definition) is 6. The molecule has 222 valence electrons. The predicted octanol–water partition coefficient (Wildman–Crippen LogP) is 5.30. The standard InChI is InChI=1S/C34H37N5O4/c1-23(2)19-32(40)39-15-12-24-20-27-10-11-28(24)33(39)25-7-5-8-26(21-25)42-17-6-14-38(16-18-43-27)34(41)31-22-30(36-37-31)29-9-3-4-13-35-29/h3-5,7-11,13,20-23,33H,6,12,14-19H2,1-2H3,(H,36,37). The maximum Gasteiger partial charge on any atom is 0.272 e. The second-order valence-corrected chi connectivity index (χ2v) is 11.5. The van der Waals surface area contributed by atoms with Crippen molar-refractivity contribution in [2.24, 2.45) is 5.92 Å². The molecule has 9 nitrogen and oxygen atoms in total. The van der Waals surface area contributed by atoms with E-state index in [1.54, 1.807) is 17.2 Å². The van der Waals surface area contributed by atoms with Gasteiger partial charge in [-0.3, -0.25) is 19.7 Å². The number of rotatable bonds is 4. The summed E-state index contributed by atoms with van der Waals surface area (Å²) >= 11 is 0. The highest BCUT2D eigenvalue weighted by molar-refractivity contribution is 5.93. The number of aromatic amines is 1. The van der Waals surface area contributed by atoms with E-state index in [9.17, 15) is 9.59 Å². The summed E-state index contributed by atoms with van der Waals surface area (Å²) in [6, 6.07) is 21.3. The number of hydrogen-bond donors (Lipinski definition) is 1. The highest BCUT2D eigenvalue weighted by atomic mass is 16.5. The fourth-order valence-electron chi connectivity index (χ4n) is 5.84. The Bertz CT molecular complexity index is 1580. The van der Waals surface area contributed by atoms with Crippen LogP contribution in [0.25, 0.3) is 11.4 Å². The summed E-state index contributed by atoms with van der Waals surface area (Å²) in [5, 5.41) is 7.20. The summed E-state index contributed by atoms with van der Waals surface area (Å²) in [6.07, 6.45) is 3.61. The minimum absolute atomic E-state index is 0.152. The molecule has 7 rings (SSSR count). The molecule has 2 aromatic carbocycles. The molecule has 0 radical (unpaired) electrons. The average molecular weight is 580 g/mol. The monoisotopic (exact) mass is 579 g/mol. The maximum absolute atomic E-state index is 13.6. The lowest BCUT2D eigenvalue weighted by molar-refractivity contribution is -0.134. The van der Waals surface area contributed by atoms with Crippen LogP contribution in [0.2, 0.25) is 0 Å². The second kappa shape index (κ2) is 12.7. The predicted molar refractivity (Wildman–Crippen MR) is 163 cm³/mol. The number of ether oxygens (including phenoxy) is 2. The van der Waals surface area contributed by atoms with E-state index >= 15 is 0 Å². The van der Waals surface area contributed by atoms with Crippen molar-refractivity contribution in [3.8, 4) is 22.9 Å². The van der Waals surface area contributed by atoms with E-state index < -0.39 is 0 Å². The van der Waals surface area contributed by atoms with Gasteiger partial charge in [-0.15, -0.1) is 0 Å². The molecule has 3 aliphatic rings. The maximum atomic E-state index is 13.6. The molecule has 0 saturated carbocycles. The van der Waals surface area contributed by atoms with Gasteiger partial charge in [0, 0.05) is 25.7 Å². The Labute approximate surface area is 251 Å². The van der Waals surface area contributed by atoms with Gasteiger partial charge < -0.3 is 19.3 Å². The van der Waals surface area contributed by atoms with E-state index in [4.69, 9.17) is 9.47 Å². The van der Waals surface area contributed by atoms with Crippen molar-refractivity contribution in [3.63, 3.8) is 0 Å². The molecular formula is C34H37N5O4. The largest absolute Gasteiger partial charge is 0.494 e. The van der Waals surface area contributed by atoms with E-state index in [0.717, 1.165) is 29.0 Å². The third-order valence-corrected chi connectivity index (χ3v) is 7.91. The van der Waals surface area contributed by atoms with Gasteiger partial charge in [-0.05, 0) is 77.9 Å². The molecular weight excluding hydrogens is 542 g/mol. The molecule has 0 spiro atoms. The van der Waals surface area contributed by atoms with Gasteiger partial charge in [-0.1, -0.05) is 38.1 Å². The van der Waals surface area contributed by atoms with Crippen LogP contribution in [0.1, 0.15) is 59.9 Å². The Hall–Kier alpha value is -4.66. The van der Waals surface area contributed by atoms with Gasteiger partial charge in [-0.2, -0.15) is 5.10 Å². The van der Waals surface area contributed by atoms with Crippen LogP contribution in [-0.2, 0) is 11.2 Å². The molecule has 43 heavy (non-hydrogen) atoms. The molecule has 4 aromatic rings. The molecule has 0 fully saturated rings. The Kier molecular flexibility index (Phi) is 8.40. The molecule has 0 saturated heterocycles. The Balaban J connectivity index is 1.26. The first kappa shape index (κ1) is 28.5. The highest BCUT2D eigenvalue weighted by Gasteiger charge is 2.33. The lowest BCUT2D eigenvalue weighted by atomic mass is 9.87. The zero-order valence-corrected chi connectivity index (χ0v) is 24.7. The number of carbonyl (C=O) groups excluding carboxylic acids is 2. The zero-order chi connectivity index (χ0) is 29.8. The van der Waals surface area contributed by atoms with Crippen molar-refractivity contribution in [3.05, 3.63) is 95.3 Å². The molecule has 3 aliphatic heterocycles. The molecule has 1 atom stereocenters. The minimum Gasteiger partial charge on any atom is -0.494 e. The smallest absolute Gasteiger partial charge is 0.272 e. The molecule has 2 aromatic heterocycles. The van der Waals surface area contributed by atoms with Crippen LogP contribution < -0.4 is 9.47 Å². The van der Waals surface area contributed by atoms with Crippen LogP contribution in [0.3, 0.4) is 0 Å². The van der Waals surface area contributed by atoms with E-state index in [-0.39, 0.29) is 23.8 Å². The summed E-state index contributed by atoms with van der Waals surface area (Å²) in [6.45, 7) is 6.48. The lowest BCUT2D eigenvalue weighted by Gasteiger charge is -2.38. The van der Waals surface area contributed by atoms with Crippen LogP contribution in [-0.4, -0.2) is 69.6 Å². The average Bonchev–Trinajstić information content (AvgIpc) is 3.51. The molecule has 0 aliphatic carbocycles. The Morgan fingerprint density at radius 1 is 0.930 bits per heavy atom. The highest BCUT2D eigenvalue weighted by Crippen LogP contribution is 2.38. The normalized spacial score (nSPS) is 17.0. The van der Waals surface area contributed by atoms with Crippen LogP contribution in [0.4, 0.5) is 0 Å². The van der Waals surface area contributed by atoms with Crippen molar-refractivity contribution in [2.45, 2.75) is 39.2 Å². The fourth-order valence-corrected chi connectivity index (χ4v) is 5.84. The summed E-state index contributed by atoms with van der Waals surface area (Å²) in [5.74, 6) is 1.81. The first-order valence-electron chi connectivity index (χ1n) is 15.0. The molecule has 1 unspecified atom stereocenters. The third kappa shape index (κ3) is 6.40.